The SMILES string of the molecule is CNCC(O)C1CCc2cccnc21. The number of hydrogen-bond donors (Lipinski definition) is 2. The molecule has 0 saturated heterocycles. The van der Waals surface area contributed by atoms with Crippen molar-refractivity contribution in [3.05, 3.63) is 29.6 Å². The molecule has 1 aromatic rings. The smallest absolute Gasteiger partial charge is 0.0748 e. The third-order valence-corrected chi connectivity index (χ3v) is 2.88. The number of pyridine rings is 1. The monoisotopic (exact) mass is 192 g/mol. The van der Waals surface area contributed by atoms with Gasteiger partial charge in [-0.25, -0.2) is 0 Å². The van der Waals surface area contributed by atoms with Crippen molar-refractivity contribution in [1.82, 2.24) is 10.3 Å². The number of aryl methyl sites for hydroxylation is 1. The predicted octanol–water partition coefficient (Wildman–Crippen LogP) is 0.692. The number of aromatic nitrogens is 1. The van der Waals surface area contributed by atoms with Gasteiger partial charge in [0.15, 0.2) is 0 Å². The van der Waals surface area contributed by atoms with Crippen LogP contribution in [0.15, 0.2) is 18.3 Å². The van der Waals surface area contributed by atoms with Gasteiger partial charge in [-0.05, 0) is 31.5 Å². The molecule has 1 heterocycles. The van der Waals surface area contributed by atoms with Crippen LogP contribution in [0, 0.1) is 0 Å². The fourth-order valence-electron chi connectivity index (χ4n) is 2.17. The van der Waals surface area contributed by atoms with Crippen LogP contribution in [0.25, 0.3) is 0 Å². The Morgan fingerprint density at radius 1 is 1.71 bits per heavy atom. The van der Waals surface area contributed by atoms with Crippen molar-refractivity contribution in [2.24, 2.45) is 0 Å². The van der Waals surface area contributed by atoms with E-state index in [2.05, 4.69) is 16.4 Å². The van der Waals surface area contributed by atoms with Gasteiger partial charge in [-0.1, -0.05) is 6.07 Å². The molecule has 0 fully saturated rings. The lowest BCUT2D eigenvalue weighted by atomic mass is 9.99. The van der Waals surface area contributed by atoms with Crippen molar-refractivity contribution in [2.45, 2.75) is 24.9 Å². The van der Waals surface area contributed by atoms with E-state index in [9.17, 15) is 5.11 Å². The van der Waals surface area contributed by atoms with E-state index in [-0.39, 0.29) is 12.0 Å². The lowest BCUT2D eigenvalue weighted by Gasteiger charge is -2.17. The third kappa shape index (κ3) is 1.65. The van der Waals surface area contributed by atoms with Gasteiger partial charge in [0.1, 0.15) is 0 Å². The molecule has 3 heteroatoms. The molecule has 1 aromatic heterocycles. The van der Waals surface area contributed by atoms with Crippen LogP contribution < -0.4 is 5.32 Å². The van der Waals surface area contributed by atoms with Crippen molar-refractivity contribution >= 4 is 0 Å². The zero-order valence-corrected chi connectivity index (χ0v) is 8.40. The van der Waals surface area contributed by atoms with E-state index in [4.69, 9.17) is 0 Å². The minimum absolute atomic E-state index is 0.221. The highest BCUT2D eigenvalue weighted by Gasteiger charge is 2.28. The Kier molecular flexibility index (Phi) is 2.79. The summed E-state index contributed by atoms with van der Waals surface area (Å²) in [7, 11) is 1.86. The standard InChI is InChI=1S/C11H16N2O/c1-12-7-10(14)9-5-4-8-3-2-6-13-11(8)9/h2-3,6,9-10,12,14H,4-5,7H2,1H3. The second-order valence-corrected chi connectivity index (χ2v) is 3.82. The molecule has 0 saturated carbocycles. The van der Waals surface area contributed by atoms with Gasteiger partial charge >= 0.3 is 0 Å². The number of aliphatic hydroxyl groups is 1. The van der Waals surface area contributed by atoms with Crippen LogP contribution in [0.4, 0.5) is 0 Å². The van der Waals surface area contributed by atoms with Gasteiger partial charge in [-0.2, -0.15) is 0 Å². The Bertz CT molecular complexity index is 314. The highest BCUT2D eigenvalue weighted by molar-refractivity contribution is 5.29. The van der Waals surface area contributed by atoms with E-state index < -0.39 is 0 Å². The fourth-order valence-corrected chi connectivity index (χ4v) is 2.17. The Balaban J connectivity index is 2.17. The van der Waals surface area contributed by atoms with Gasteiger partial charge in [0.05, 0.1) is 6.10 Å². The quantitative estimate of drug-likeness (QED) is 0.740. The molecule has 0 bridgehead atoms. The van der Waals surface area contributed by atoms with Crippen molar-refractivity contribution < 1.29 is 5.11 Å². The number of nitrogens with one attached hydrogen (secondary N) is 1. The van der Waals surface area contributed by atoms with E-state index in [1.165, 1.54) is 5.56 Å². The molecular formula is C11H16N2O. The lowest BCUT2D eigenvalue weighted by Crippen LogP contribution is -2.29. The minimum atomic E-state index is -0.309. The molecule has 2 rings (SSSR count). The van der Waals surface area contributed by atoms with Gasteiger partial charge in [-0.3, -0.25) is 4.98 Å². The molecule has 1 aliphatic rings. The Morgan fingerprint density at radius 2 is 2.57 bits per heavy atom. The molecule has 0 spiro atoms. The summed E-state index contributed by atoms with van der Waals surface area (Å²) in [6.45, 7) is 0.640. The summed E-state index contributed by atoms with van der Waals surface area (Å²) < 4.78 is 0. The van der Waals surface area contributed by atoms with E-state index >= 15 is 0 Å². The highest BCUT2D eigenvalue weighted by atomic mass is 16.3. The number of aliphatic hydroxyl groups excluding tert-OH is 1. The average molecular weight is 192 g/mol. The van der Waals surface area contributed by atoms with Gasteiger partial charge in [0.2, 0.25) is 0 Å². The molecular weight excluding hydrogens is 176 g/mol. The largest absolute Gasteiger partial charge is 0.391 e. The van der Waals surface area contributed by atoms with E-state index in [0.717, 1.165) is 18.5 Å². The van der Waals surface area contributed by atoms with Crippen LogP contribution in [0.1, 0.15) is 23.6 Å². The van der Waals surface area contributed by atoms with Crippen LogP contribution in [-0.4, -0.2) is 29.8 Å². The zero-order chi connectivity index (χ0) is 9.97. The highest BCUT2D eigenvalue weighted by Crippen LogP contribution is 2.33. The first-order valence-corrected chi connectivity index (χ1v) is 5.09. The first-order chi connectivity index (χ1) is 6.83. The molecule has 0 amide bonds. The molecule has 14 heavy (non-hydrogen) atoms. The van der Waals surface area contributed by atoms with Crippen LogP contribution in [0.5, 0.6) is 0 Å². The van der Waals surface area contributed by atoms with E-state index in [1.54, 1.807) is 0 Å². The molecule has 2 unspecified atom stereocenters. The molecule has 0 aromatic carbocycles. The summed E-state index contributed by atoms with van der Waals surface area (Å²) in [5, 5.41) is 12.9. The molecule has 2 N–H and O–H groups in total. The zero-order valence-electron chi connectivity index (χ0n) is 8.40. The number of hydrogen-bond acceptors (Lipinski definition) is 3. The normalized spacial score (nSPS) is 22.0. The summed E-state index contributed by atoms with van der Waals surface area (Å²) in [5.41, 5.74) is 2.39. The second kappa shape index (κ2) is 4.07. The van der Waals surface area contributed by atoms with Crippen molar-refractivity contribution in [2.75, 3.05) is 13.6 Å². The minimum Gasteiger partial charge on any atom is -0.391 e. The maximum absolute atomic E-state index is 9.89. The summed E-state index contributed by atoms with van der Waals surface area (Å²) in [6.07, 6.45) is 3.57. The summed E-state index contributed by atoms with van der Waals surface area (Å²) >= 11 is 0. The van der Waals surface area contributed by atoms with Crippen molar-refractivity contribution in [3.63, 3.8) is 0 Å². The Hall–Kier alpha value is -0.930. The number of nitrogens with zero attached hydrogens (tertiary/aromatic N) is 1. The van der Waals surface area contributed by atoms with Crippen molar-refractivity contribution in [1.29, 1.82) is 0 Å². The summed E-state index contributed by atoms with van der Waals surface area (Å²) in [5.74, 6) is 0.221. The fraction of sp³-hybridized carbons (Fsp3) is 0.545. The van der Waals surface area contributed by atoms with Gasteiger partial charge < -0.3 is 10.4 Å². The Labute approximate surface area is 84.2 Å². The Morgan fingerprint density at radius 3 is 3.36 bits per heavy atom. The van der Waals surface area contributed by atoms with Crippen molar-refractivity contribution in [3.8, 4) is 0 Å². The van der Waals surface area contributed by atoms with Gasteiger partial charge in [0.25, 0.3) is 0 Å². The molecule has 3 nitrogen and oxygen atoms in total. The number of fused-ring (bicyclic) bond motifs is 1. The second-order valence-electron chi connectivity index (χ2n) is 3.82. The average Bonchev–Trinajstić information content (AvgIpc) is 2.61. The first-order valence-electron chi connectivity index (χ1n) is 5.09. The predicted molar refractivity (Wildman–Crippen MR) is 55.2 cm³/mol. The maximum Gasteiger partial charge on any atom is 0.0748 e. The number of rotatable bonds is 3. The van der Waals surface area contributed by atoms with Crippen LogP contribution in [-0.2, 0) is 6.42 Å². The topological polar surface area (TPSA) is 45.1 Å². The first kappa shape index (κ1) is 9.62. The summed E-state index contributed by atoms with van der Waals surface area (Å²) in [6, 6.07) is 4.07. The summed E-state index contributed by atoms with van der Waals surface area (Å²) in [4.78, 5) is 4.36. The van der Waals surface area contributed by atoms with E-state index in [1.807, 2.05) is 19.3 Å². The lowest BCUT2D eigenvalue weighted by molar-refractivity contribution is 0.141. The molecule has 1 aliphatic carbocycles. The van der Waals surface area contributed by atoms with Gasteiger partial charge in [0, 0.05) is 24.4 Å². The molecule has 76 valence electrons. The van der Waals surface area contributed by atoms with Crippen LogP contribution in [0.2, 0.25) is 0 Å². The molecule has 2 atom stereocenters. The van der Waals surface area contributed by atoms with Crippen LogP contribution >= 0.6 is 0 Å². The van der Waals surface area contributed by atoms with Crippen LogP contribution in [0.3, 0.4) is 0 Å². The maximum atomic E-state index is 9.89. The molecule has 0 aliphatic heterocycles. The third-order valence-electron chi connectivity index (χ3n) is 2.88. The number of likely N-dealkylation sites (N-methyl/N-ethyl adjacent to an activating group) is 1. The van der Waals surface area contributed by atoms with Gasteiger partial charge in [-0.15, -0.1) is 0 Å². The van der Waals surface area contributed by atoms with E-state index in [0.29, 0.717) is 6.54 Å². The molecule has 0 radical (unpaired) electrons.